The largest absolute Gasteiger partial charge is 0.487 e. The molecule has 2 amide bonds. The average molecular weight is 367 g/mol. The third-order valence-electron chi connectivity index (χ3n) is 4.23. The summed E-state index contributed by atoms with van der Waals surface area (Å²) in [5.41, 5.74) is 8.11. The second kappa shape index (κ2) is 7.92. The van der Waals surface area contributed by atoms with E-state index in [2.05, 4.69) is 5.32 Å². The monoisotopic (exact) mass is 367 g/mol. The number of hydrogen-bond donors (Lipinski definition) is 3. The summed E-state index contributed by atoms with van der Waals surface area (Å²) >= 11 is 0. The highest BCUT2D eigenvalue weighted by Crippen LogP contribution is 2.21. The molecule has 27 heavy (non-hydrogen) atoms. The van der Waals surface area contributed by atoms with Crippen LogP contribution in [0.1, 0.15) is 21.6 Å². The van der Waals surface area contributed by atoms with Crippen molar-refractivity contribution in [2.45, 2.75) is 19.6 Å². The molecule has 3 rings (SSSR count). The molecule has 1 unspecified atom stereocenters. The number of aryl methyl sites for hydroxylation is 1. The molecule has 2 aromatic heterocycles. The molecule has 1 atom stereocenters. The van der Waals surface area contributed by atoms with Crippen LogP contribution in [0, 0.1) is 6.92 Å². The van der Waals surface area contributed by atoms with E-state index in [-0.39, 0.29) is 0 Å². The Bertz CT molecular complexity index is 966. The number of nitrogens with one attached hydrogen (secondary N) is 1. The number of nitrogens with two attached hydrogens (primary N) is 1. The first-order valence-electron chi connectivity index (χ1n) is 8.49. The number of benzene rings is 1. The second-order valence-corrected chi connectivity index (χ2v) is 6.22. The summed E-state index contributed by atoms with van der Waals surface area (Å²) in [5.74, 6) is -0.688. The summed E-state index contributed by atoms with van der Waals surface area (Å²) in [5, 5.41) is 11.7. The summed E-state index contributed by atoms with van der Waals surface area (Å²) in [7, 11) is 0. The Balaban J connectivity index is 1.86. The zero-order valence-corrected chi connectivity index (χ0v) is 14.9. The molecule has 7 heteroatoms. The van der Waals surface area contributed by atoms with Crippen LogP contribution in [0.25, 0.3) is 5.52 Å². The number of fused-ring (bicyclic) bond motifs is 1. The smallest absolute Gasteiger partial charge is 0.269 e. The van der Waals surface area contributed by atoms with Gasteiger partial charge in [0, 0.05) is 5.52 Å². The lowest BCUT2D eigenvalue weighted by Crippen LogP contribution is -2.47. The topological polar surface area (TPSA) is 106 Å². The van der Waals surface area contributed by atoms with Crippen molar-refractivity contribution in [1.29, 1.82) is 0 Å². The summed E-state index contributed by atoms with van der Waals surface area (Å²) < 4.78 is 7.51. The van der Waals surface area contributed by atoms with Gasteiger partial charge in [-0.15, -0.1) is 0 Å². The maximum atomic E-state index is 12.6. The molecule has 0 aliphatic carbocycles. The van der Waals surface area contributed by atoms with Crippen molar-refractivity contribution in [3.8, 4) is 5.75 Å². The van der Waals surface area contributed by atoms with Crippen LogP contribution < -0.4 is 15.8 Å². The van der Waals surface area contributed by atoms with E-state index >= 15 is 0 Å². The minimum absolute atomic E-state index is 0.356. The Morgan fingerprint density at radius 1 is 1.22 bits per heavy atom. The maximum absolute atomic E-state index is 12.6. The highest BCUT2D eigenvalue weighted by atomic mass is 16.5. The Labute approximate surface area is 156 Å². The molecule has 0 aliphatic heterocycles. The highest BCUT2D eigenvalue weighted by molar-refractivity contribution is 5.98. The number of carbonyl (C=O) groups excluding carboxylic acids is 2. The molecule has 0 spiro atoms. The molecule has 0 saturated heterocycles. The number of aromatic nitrogens is 1. The minimum atomic E-state index is -1.14. The molecule has 2 heterocycles. The van der Waals surface area contributed by atoms with Crippen molar-refractivity contribution >= 4 is 17.3 Å². The molecular formula is C20H21N3O4. The van der Waals surface area contributed by atoms with Crippen molar-refractivity contribution < 1.29 is 19.4 Å². The minimum Gasteiger partial charge on any atom is -0.487 e. The van der Waals surface area contributed by atoms with E-state index in [9.17, 15) is 14.7 Å². The Morgan fingerprint density at radius 2 is 1.96 bits per heavy atom. The number of nitrogens with zero attached hydrogens (tertiary/aromatic N) is 1. The molecule has 7 nitrogen and oxygen atoms in total. The van der Waals surface area contributed by atoms with Crippen molar-refractivity contribution in [2.75, 3.05) is 6.61 Å². The number of rotatable bonds is 7. The SMILES string of the molecule is Cc1cc2ccc(OCc3ccccc3)cn2c1C(=O)NC(CO)C(N)=O. The first-order valence-corrected chi connectivity index (χ1v) is 8.49. The maximum Gasteiger partial charge on any atom is 0.269 e. The predicted molar refractivity (Wildman–Crippen MR) is 100 cm³/mol. The van der Waals surface area contributed by atoms with E-state index in [1.807, 2.05) is 48.5 Å². The van der Waals surface area contributed by atoms with Crippen LogP contribution in [0.4, 0.5) is 0 Å². The highest BCUT2D eigenvalue weighted by Gasteiger charge is 2.21. The molecule has 0 bridgehead atoms. The second-order valence-electron chi connectivity index (χ2n) is 6.22. The third-order valence-corrected chi connectivity index (χ3v) is 4.23. The molecule has 4 N–H and O–H groups in total. The molecule has 0 saturated carbocycles. The molecular weight excluding hydrogens is 346 g/mol. The van der Waals surface area contributed by atoms with Gasteiger partial charge in [0.2, 0.25) is 5.91 Å². The summed E-state index contributed by atoms with van der Waals surface area (Å²) in [6.07, 6.45) is 1.72. The van der Waals surface area contributed by atoms with Gasteiger partial charge < -0.3 is 25.3 Å². The molecule has 0 fully saturated rings. The van der Waals surface area contributed by atoms with Crippen LogP contribution in [0.5, 0.6) is 5.75 Å². The molecule has 3 aromatic rings. The number of aliphatic hydroxyl groups excluding tert-OH is 1. The first kappa shape index (κ1) is 18.5. The lowest BCUT2D eigenvalue weighted by atomic mass is 10.2. The Hall–Kier alpha value is -3.32. The number of carbonyl (C=O) groups is 2. The van der Waals surface area contributed by atoms with E-state index in [1.54, 1.807) is 17.5 Å². The van der Waals surface area contributed by atoms with Crippen LogP contribution in [-0.4, -0.2) is 34.0 Å². The number of aliphatic hydroxyl groups is 1. The third kappa shape index (κ3) is 4.09. The van der Waals surface area contributed by atoms with Crippen LogP contribution in [-0.2, 0) is 11.4 Å². The van der Waals surface area contributed by atoms with E-state index in [4.69, 9.17) is 10.5 Å². The van der Waals surface area contributed by atoms with Gasteiger partial charge in [0.05, 0.1) is 12.8 Å². The zero-order chi connectivity index (χ0) is 19.4. The fourth-order valence-corrected chi connectivity index (χ4v) is 2.83. The van der Waals surface area contributed by atoms with E-state index < -0.39 is 24.5 Å². The lowest BCUT2D eigenvalue weighted by Gasteiger charge is -2.14. The van der Waals surface area contributed by atoms with Crippen molar-refractivity contribution in [2.24, 2.45) is 5.73 Å². The normalized spacial score (nSPS) is 11.9. The van der Waals surface area contributed by atoms with Gasteiger partial charge in [0.1, 0.15) is 24.1 Å². The fourth-order valence-electron chi connectivity index (χ4n) is 2.83. The molecule has 0 aliphatic rings. The number of ether oxygens (including phenoxy) is 1. The molecule has 140 valence electrons. The van der Waals surface area contributed by atoms with E-state index in [0.717, 1.165) is 16.6 Å². The standard InChI is InChI=1S/C20H21N3O4/c1-13-9-15-7-8-16(27-12-14-5-3-2-4-6-14)10-23(15)18(13)20(26)22-17(11-24)19(21)25/h2-10,17,24H,11-12H2,1H3,(H2,21,25)(H,22,26). The van der Waals surface area contributed by atoms with Gasteiger partial charge >= 0.3 is 0 Å². The van der Waals surface area contributed by atoms with Gasteiger partial charge in [-0.05, 0) is 36.2 Å². The lowest BCUT2D eigenvalue weighted by molar-refractivity contribution is -0.120. The van der Waals surface area contributed by atoms with Crippen molar-refractivity contribution in [3.05, 3.63) is 71.5 Å². The van der Waals surface area contributed by atoms with Crippen LogP contribution in [0.15, 0.2) is 54.7 Å². The molecule has 0 radical (unpaired) electrons. The first-order chi connectivity index (χ1) is 13.0. The van der Waals surface area contributed by atoms with Gasteiger partial charge in [-0.3, -0.25) is 9.59 Å². The van der Waals surface area contributed by atoms with Gasteiger partial charge in [-0.2, -0.15) is 0 Å². The summed E-state index contributed by atoms with van der Waals surface area (Å²) in [6, 6.07) is 14.2. The predicted octanol–water partition coefficient (Wildman–Crippen LogP) is 1.40. The Morgan fingerprint density at radius 3 is 2.63 bits per heavy atom. The summed E-state index contributed by atoms with van der Waals surface area (Å²) in [6.45, 7) is 1.64. The number of amides is 2. The van der Waals surface area contributed by atoms with Gasteiger partial charge in [-0.25, -0.2) is 0 Å². The van der Waals surface area contributed by atoms with Crippen LogP contribution in [0.2, 0.25) is 0 Å². The van der Waals surface area contributed by atoms with Gasteiger partial charge in [0.25, 0.3) is 5.91 Å². The van der Waals surface area contributed by atoms with E-state index in [0.29, 0.717) is 18.1 Å². The van der Waals surface area contributed by atoms with Crippen molar-refractivity contribution in [1.82, 2.24) is 9.72 Å². The van der Waals surface area contributed by atoms with Crippen molar-refractivity contribution in [3.63, 3.8) is 0 Å². The zero-order valence-electron chi connectivity index (χ0n) is 14.9. The fraction of sp³-hybridized carbons (Fsp3) is 0.200. The van der Waals surface area contributed by atoms with Gasteiger partial charge in [0.15, 0.2) is 0 Å². The van der Waals surface area contributed by atoms with Gasteiger partial charge in [-0.1, -0.05) is 30.3 Å². The van der Waals surface area contributed by atoms with E-state index in [1.165, 1.54) is 0 Å². The Kier molecular flexibility index (Phi) is 5.42. The number of pyridine rings is 1. The number of hydrogen-bond acceptors (Lipinski definition) is 4. The van der Waals surface area contributed by atoms with Crippen LogP contribution >= 0.6 is 0 Å². The summed E-state index contributed by atoms with van der Waals surface area (Å²) in [4.78, 5) is 23.9. The molecule has 1 aromatic carbocycles. The quantitative estimate of drug-likeness (QED) is 0.587. The van der Waals surface area contributed by atoms with Crippen LogP contribution in [0.3, 0.4) is 0 Å². The average Bonchev–Trinajstić information content (AvgIpc) is 3.00. The number of primary amides is 1.